The molecule has 1 fully saturated rings. The summed E-state index contributed by atoms with van der Waals surface area (Å²) in [7, 11) is 0. The topological polar surface area (TPSA) is 49.8 Å². The number of carbonyl (C=O) groups is 1. The molecule has 1 aromatic rings. The lowest BCUT2D eigenvalue weighted by Crippen LogP contribution is -2.51. The SMILES string of the molecule is CCCCC(O)(C(=O)N1CCOCC1)c1ccccc1. The predicted molar refractivity (Wildman–Crippen MR) is 77.3 cm³/mol. The van der Waals surface area contributed by atoms with E-state index in [1.54, 1.807) is 4.90 Å². The standard InChI is InChI=1S/C16H23NO3/c1-2-3-9-16(19,14-7-5-4-6-8-14)15(18)17-10-12-20-13-11-17/h4-8,19H,2-3,9-13H2,1H3. The highest BCUT2D eigenvalue weighted by Gasteiger charge is 2.40. The fraction of sp³-hybridized carbons (Fsp3) is 0.562. The van der Waals surface area contributed by atoms with Gasteiger partial charge < -0.3 is 14.7 Å². The van der Waals surface area contributed by atoms with Gasteiger partial charge in [0, 0.05) is 13.1 Å². The number of rotatable bonds is 5. The zero-order chi connectivity index (χ0) is 14.4. The molecule has 0 aliphatic carbocycles. The van der Waals surface area contributed by atoms with Crippen LogP contribution in [0.1, 0.15) is 31.7 Å². The number of unbranched alkanes of at least 4 members (excludes halogenated alkanes) is 1. The first kappa shape index (κ1) is 15.0. The Labute approximate surface area is 120 Å². The monoisotopic (exact) mass is 277 g/mol. The first-order valence-electron chi connectivity index (χ1n) is 7.33. The van der Waals surface area contributed by atoms with Gasteiger partial charge in [-0.3, -0.25) is 4.79 Å². The third-order valence-corrected chi connectivity index (χ3v) is 3.80. The van der Waals surface area contributed by atoms with E-state index in [9.17, 15) is 9.90 Å². The van der Waals surface area contributed by atoms with Crippen LogP contribution < -0.4 is 0 Å². The van der Waals surface area contributed by atoms with E-state index in [0.717, 1.165) is 12.8 Å². The lowest BCUT2D eigenvalue weighted by molar-refractivity contribution is -0.157. The molecule has 1 amide bonds. The van der Waals surface area contributed by atoms with Crippen LogP contribution in [-0.4, -0.2) is 42.2 Å². The Kier molecular flexibility index (Phi) is 5.15. The second kappa shape index (κ2) is 6.86. The quantitative estimate of drug-likeness (QED) is 0.894. The molecule has 1 atom stereocenters. The van der Waals surface area contributed by atoms with Crippen molar-refractivity contribution in [2.45, 2.75) is 31.8 Å². The average molecular weight is 277 g/mol. The number of hydrogen-bond acceptors (Lipinski definition) is 3. The molecule has 0 saturated carbocycles. The fourth-order valence-electron chi connectivity index (χ4n) is 2.55. The highest BCUT2D eigenvalue weighted by atomic mass is 16.5. The Bertz CT molecular complexity index is 429. The molecule has 4 heteroatoms. The molecular weight excluding hydrogens is 254 g/mol. The largest absolute Gasteiger partial charge is 0.378 e. The van der Waals surface area contributed by atoms with E-state index in [4.69, 9.17) is 4.74 Å². The summed E-state index contributed by atoms with van der Waals surface area (Å²) in [6.07, 6.45) is 2.23. The highest BCUT2D eigenvalue weighted by Crippen LogP contribution is 2.29. The maximum absolute atomic E-state index is 12.7. The van der Waals surface area contributed by atoms with E-state index in [1.807, 2.05) is 30.3 Å². The van der Waals surface area contributed by atoms with Gasteiger partial charge in [0.25, 0.3) is 5.91 Å². The maximum Gasteiger partial charge on any atom is 0.259 e. The van der Waals surface area contributed by atoms with Gasteiger partial charge in [-0.05, 0) is 18.4 Å². The Morgan fingerprint density at radius 2 is 1.95 bits per heavy atom. The molecule has 20 heavy (non-hydrogen) atoms. The van der Waals surface area contributed by atoms with Crippen molar-refractivity contribution in [1.29, 1.82) is 0 Å². The smallest absolute Gasteiger partial charge is 0.259 e. The van der Waals surface area contributed by atoms with Crippen LogP contribution in [0.15, 0.2) is 30.3 Å². The van der Waals surface area contributed by atoms with Gasteiger partial charge in [0.15, 0.2) is 5.60 Å². The van der Waals surface area contributed by atoms with E-state index in [0.29, 0.717) is 38.3 Å². The highest BCUT2D eigenvalue weighted by molar-refractivity contribution is 5.86. The molecule has 1 aliphatic heterocycles. The number of hydrogen-bond donors (Lipinski definition) is 1. The summed E-state index contributed by atoms with van der Waals surface area (Å²) in [5.41, 5.74) is -0.723. The van der Waals surface area contributed by atoms with Gasteiger partial charge in [-0.25, -0.2) is 0 Å². The third-order valence-electron chi connectivity index (χ3n) is 3.80. The molecule has 0 aromatic heterocycles. The third kappa shape index (κ3) is 3.19. The number of nitrogens with zero attached hydrogens (tertiary/aromatic N) is 1. The number of aliphatic hydroxyl groups is 1. The molecule has 1 saturated heterocycles. The van der Waals surface area contributed by atoms with E-state index in [2.05, 4.69) is 6.92 Å². The van der Waals surface area contributed by atoms with Crippen molar-refractivity contribution in [1.82, 2.24) is 4.90 Å². The second-order valence-electron chi connectivity index (χ2n) is 5.23. The minimum Gasteiger partial charge on any atom is -0.378 e. The van der Waals surface area contributed by atoms with Crippen molar-refractivity contribution in [2.24, 2.45) is 0 Å². The lowest BCUT2D eigenvalue weighted by Gasteiger charge is -2.35. The van der Waals surface area contributed by atoms with E-state index in [-0.39, 0.29) is 5.91 Å². The van der Waals surface area contributed by atoms with Crippen LogP contribution >= 0.6 is 0 Å². The first-order valence-corrected chi connectivity index (χ1v) is 7.33. The van der Waals surface area contributed by atoms with Gasteiger partial charge in [0.05, 0.1) is 13.2 Å². The molecule has 0 bridgehead atoms. The van der Waals surface area contributed by atoms with Crippen molar-refractivity contribution >= 4 is 5.91 Å². The van der Waals surface area contributed by atoms with E-state index in [1.165, 1.54) is 0 Å². The Balaban J connectivity index is 2.23. The molecular formula is C16H23NO3. The molecule has 1 aromatic carbocycles. The number of ether oxygens (including phenoxy) is 1. The number of amides is 1. The van der Waals surface area contributed by atoms with Crippen molar-refractivity contribution in [3.63, 3.8) is 0 Å². The molecule has 1 N–H and O–H groups in total. The normalized spacial score (nSPS) is 18.6. The molecule has 0 spiro atoms. The zero-order valence-corrected chi connectivity index (χ0v) is 12.0. The van der Waals surface area contributed by atoms with Crippen molar-refractivity contribution < 1.29 is 14.6 Å². The van der Waals surface area contributed by atoms with Gasteiger partial charge in [0.2, 0.25) is 0 Å². The van der Waals surface area contributed by atoms with Crippen LogP contribution in [0.25, 0.3) is 0 Å². The summed E-state index contributed by atoms with van der Waals surface area (Å²) in [6.45, 7) is 4.26. The van der Waals surface area contributed by atoms with Crippen LogP contribution in [-0.2, 0) is 15.1 Å². The van der Waals surface area contributed by atoms with Gasteiger partial charge in [-0.15, -0.1) is 0 Å². The summed E-state index contributed by atoms with van der Waals surface area (Å²) in [4.78, 5) is 14.5. The molecule has 1 unspecified atom stereocenters. The minimum atomic E-state index is -1.41. The predicted octanol–water partition coefficient (Wildman–Crippen LogP) is 1.92. The molecule has 1 heterocycles. The summed E-state index contributed by atoms with van der Waals surface area (Å²) in [5.74, 6) is -0.194. The van der Waals surface area contributed by atoms with Gasteiger partial charge in [-0.2, -0.15) is 0 Å². The van der Waals surface area contributed by atoms with Gasteiger partial charge in [-0.1, -0.05) is 43.7 Å². The maximum atomic E-state index is 12.7. The Morgan fingerprint density at radius 3 is 2.55 bits per heavy atom. The van der Waals surface area contributed by atoms with Crippen LogP contribution in [0, 0.1) is 0 Å². The van der Waals surface area contributed by atoms with Crippen molar-refractivity contribution in [3.05, 3.63) is 35.9 Å². The molecule has 0 radical (unpaired) electrons. The number of morpholine rings is 1. The second-order valence-corrected chi connectivity index (χ2v) is 5.23. The lowest BCUT2D eigenvalue weighted by atomic mass is 9.87. The number of carbonyl (C=O) groups excluding carboxylic acids is 1. The van der Waals surface area contributed by atoms with E-state index < -0.39 is 5.60 Å². The summed E-state index contributed by atoms with van der Waals surface area (Å²) < 4.78 is 5.27. The molecule has 2 rings (SSSR count). The van der Waals surface area contributed by atoms with Crippen LogP contribution in [0.5, 0.6) is 0 Å². The Morgan fingerprint density at radius 1 is 1.30 bits per heavy atom. The van der Waals surface area contributed by atoms with E-state index >= 15 is 0 Å². The number of benzene rings is 1. The zero-order valence-electron chi connectivity index (χ0n) is 12.0. The Hall–Kier alpha value is -1.39. The van der Waals surface area contributed by atoms with Gasteiger partial charge in [0.1, 0.15) is 0 Å². The summed E-state index contributed by atoms with van der Waals surface area (Å²) >= 11 is 0. The van der Waals surface area contributed by atoms with Crippen molar-refractivity contribution in [2.75, 3.05) is 26.3 Å². The van der Waals surface area contributed by atoms with Crippen LogP contribution in [0.4, 0.5) is 0 Å². The van der Waals surface area contributed by atoms with Crippen LogP contribution in [0.2, 0.25) is 0 Å². The molecule has 110 valence electrons. The first-order chi connectivity index (χ1) is 9.68. The fourth-order valence-corrected chi connectivity index (χ4v) is 2.55. The molecule has 1 aliphatic rings. The van der Waals surface area contributed by atoms with Crippen molar-refractivity contribution in [3.8, 4) is 0 Å². The van der Waals surface area contributed by atoms with Crippen LogP contribution in [0.3, 0.4) is 0 Å². The minimum absolute atomic E-state index is 0.194. The van der Waals surface area contributed by atoms with Gasteiger partial charge >= 0.3 is 0 Å². The summed E-state index contributed by atoms with van der Waals surface area (Å²) in [5, 5.41) is 11.0. The summed E-state index contributed by atoms with van der Waals surface area (Å²) in [6, 6.07) is 9.27. The molecule has 4 nitrogen and oxygen atoms in total. The average Bonchev–Trinajstić information content (AvgIpc) is 2.53.